The number of amides is 2. The molecule has 6 rings (SSSR count). The van der Waals surface area contributed by atoms with Crippen molar-refractivity contribution in [3.63, 3.8) is 0 Å². The fourth-order valence-corrected chi connectivity index (χ4v) is 6.33. The van der Waals surface area contributed by atoms with Crippen LogP contribution in [0, 0.1) is 11.3 Å². The van der Waals surface area contributed by atoms with E-state index >= 15 is 0 Å². The maximum absolute atomic E-state index is 13.8. The molecule has 0 bridgehead atoms. The molecule has 1 fully saturated rings. The Morgan fingerprint density at radius 2 is 1.84 bits per heavy atom. The molecule has 0 atom stereocenters. The fourth-order valence-electron chi connectivity index (χ4n) is 6.33. The van der Waals surface area contributed by atoms with Crippen molar-refractivity contribution in [3.05, 3.63) is 114 Å². The molecule has 2 aromatic carbocycles. The van der Waals surface area contributed by atoms with E-state index in [1.165, 1.54) is 10.8 Å². The van der Waals surface area contributed by atoms with Gasteiger partial charge in [-0.15, -0.1) is 0 Å². The number of aromatic amines is 1. The third kappa shape index (κ3) is 7.42. The molecule has 0 radical (unpaired) electrons. The van der Waals surface area contributed by atoms with Crippen LogP contribution >= 0.6 is 0 Å². The number of aryl methyl sites for hydroxylation is 2. The van der Waals surface area contributed by atoms with Crippen LogP contribution in [-0.2, 0) is 14.1 Å². The van der Waals surface area contributed by atoms with Crippen molar-refractivity contribution in [2.45, 2.75) is 44.7 Å². The topological polar surface area (TPSA) is 150 Å². The highest BCUT2D eigenvalue weighted by atomic mass is 16.2. The van der Waals surface area contributed by atoms with Crippen LogP contribution in [0.3, 0.4) is 0 Å². The first-order valence-corrected chi connectivity index (χ1v) is 16.6. The lowest BCUT2D eigenvalue weighted by Crippen LogP contribution is -2.49. The van der Waals surface area contributed by atoms with Gasteiger partial charge in [0.15, 0.2) is 0 Å². The van der Waals surface area contributed by atoms with Gasteiger partial charge in [-0.25, -0.2) is 19.6 Å². The number of hydrogen-bond acceptors (Lipinski definition) is 7. The number of imidazole rings is 1. The minimum Gasteiger partial charge on any atom is -0.351 e. The zero-order valence-electron chi connectivity index (χ0n) is 28.4. The Bertz CT molecular complexity index is 2170. The van der Waals surface area contributed by atoms with Crippen molar-refractivity contribution in [1.29, 1.82) is 5.26 Å². The maximum atomic E-state index is 13.8. The lowest BCUT2D eigenvalue weighted by atomic mass is 9.90. The van der Waals surface area contributed by atoms with Crippen molar-refractivity contribution in [1.82, 2.24) is 34.6 Å². The Hall–Kier alpha value is -6.22. The molecule has 5 aromatic rings. The van der Waals surface area contributed by atoms with Crippen molar-refractivity contribution in [2.24, 2.45) is 14.1 Å². The number of rotatable bonds is 10. The van der Waals surface area contributed by atoms with Gasteiger partial charge >= 0.3 is 11.7 Å². The molecule has 0 spiro atoms. The second-order valence-electron chi connectivity index (χ2n) is 12.6. The van der Waals surface area contributed by atoms with Crippen molar-refractivity contribution in [2.75, 3.05) is 16.8 Å². The summed E-state index contributed by atoms with van der Waals surface area (Å²) in [7, 11) is 3.59. The standard InChI is InChI=1S/C38H40N10O2/c1-5-6-7-8-25(2)21-41-37(49)48(31-14-9-26(10-15-31)29-23-42-46(3)24-29)32-16-12-30(13-17-32)43-36-40-22-28(20-39)35(45-36)27-11-18-34-33(19-27)44-38(50)47(34)4/h5-11,14-15,18-19,22-24,30,32H,1,12-13,16-17,21H2,2-4H3,(H,41,49)(H,44,50)(H,40,43,45)/b7-6-,25-8+. The van der Waals surface area contributed by atoms with Crippen LogP contribution in [0.1, 0.15) is 38.2 Å². The normalized spacial score (nSPS) is 16.3. The number of nitrogens with zero attached hydrogens (tertiary/aromatic N) is 7. The summed E-state index contributed by atoms with van der Waals surface area (Å²) >= 11 is 0. The van der Waals surface area contributed by atoms with Crippen LogP contribution in [0.2, 0.25) is 0 Å². The molecule has 0 saturated heterocycles. The van der Waals surface area contributed by atoms with E-state index < -0.39 is 0 Å². The molecule has 3 aromatic heterocycles. The number of nitriles is 1. The summed E-state index contributed by atoms with van der Waals surface area (Å²) < 4.78 is 3.31. The minimum absolute atomic E-state index is 0.0144. The molecule has 1 aliphatic rings. The molecule has 50 heavy (non-hydrogen) atoms. The lowest BCUT2D eigenvalue weighted by Gasteiger charge is -2.37. The van der Waals surface area contributed by atoms with Crippen LogP contribution < -0.4 is 21.2 Å². The van der Waals surface area contributed by atoms with Crippen LogP contribution in [0.15, 0.2) is 102 Å². The first-order valence-electron chi connectivity index (χ1n) is 16.6. The number of nitrogens with one attached hydrogen (secondary N) is 3. The zero-order valence-corrected chi connectivity index (χ0v) is 28.4. The van der Waals surface area contributed by atoms with Gasteiger partial charge in [-0.2, -0.15) is 10.4 Å². The van der Waals surface area contributed by atoms with E-state index in [9.17, 15) is 14.9 Å². The van der Waals surface area contributed by atoms with Crippen molar-refractivity contribution in [3.8, 4) is 28.5 Å². The average molecular weight is 669 g/mol. The number of aromatic nitrogens is 6. The van der Waals surface area contributed by atoms with E-state index in [0.29, 0.717) is 34.8 Å². The molecule has 12 heteroatoms. The lowest BCUT2D eigenvalue weighted by molar-refractivity contribution is 0.241. The zero-order chi connectivity index (χ0) is 35.2. The van der Waals surface area contributed by atoms with E-state index in [0.717, 1.165) is 53.6 Å². The maximum Gasteiger partial charge on any atom is 0.326 e. The number of urea groups is 1. The largest absolute Gasteiger partial charge is 0.351 e. The Balaban J connectivity index is 1.17. The van der Waals surface area contributed by atoms with Gasteiger partial charge in [-0.1, -0.05) is 54.7 Å². The first kappa shape index (κ1) is 33.7. The number of fused-ring (bicyclic) bond motifs is 1. The van der Waals surface area contributed by atoms with Crippen LogP contribution in [0.25, 0.3) is 33.4 Å². The summed E-state index contributed by atoms with van der Waals surface area (Å²) in [5, 5.41) is 20.7. The number of carbonyl (C=O) groups is 1. The van der Waals surface area contributed by atoms with E-state index in [1.54, 1.807) is 17.8 Å². The SMILES string of the molecule is C=C/C=C\C=C(/C)CNC(=O)N(c1ccc(-c2cnn(C)c2)cc1)C1CCC(Nc2ncc(C#N)c(-c3ccc4c(c3)[nH]c(=O)n4C)n2)CC1. The summed E-state index contributed by atoms with van der Waals surface area (Å²) in [6, 6.07) is 15.7. The van der Waals surface area contributed by atoms with E-state index in [4.69, 9.17) is 4.98 Å². The molecule has 3 N–H and O–H groups in total. The van der Waals surface area contributed by atoms with Gasteiger partial charge in [0.05, 0.1) is 34.7 Å². The van der Waals surface area contributed by atoms with Gasteiger partial charge < -0.3 is 15.6 Å². The number of H-pyrrole nitrogens is 1. The van der Waals surface area contributed by atoms with Crippen LogP contribution in [0.4, 0.5) is 16.4 Å². The molecule has 2 amide bonds. The molecule has 3 heterocycles. The van der Waals surface area contributed by atoms with Gasteiger partial charge in [-0.3, -0.25) is 14.1 Å². The molecule has 0 unspecified atom stereocenters. The second-order valence-corrected chi connectivity index (χ2v) is 12.6. The van der Waals surface area contributed by atoms with E-state index in [-0.39, 0.29) is 23.8 Å². The number of allylic oxidation sites excluding steroid dienone is 4. The summed E-state index contributed by atoms with van der Waals surface area (Å²) in [6.07, 6.45) is 15.9. The predicted octanol–water partition coefficient (Wildman–Crippen LogP) is 6.22. The van der Waals surface area contributed by atoms with Gasteiger partial charge in [-0.05, 0) is 62.4 Å². The Morgan fingerprint density at radius 1 is 1.08 bits per heavy atom. The minimum atomic E-state index is -0.209. The smallest absolute Gasteiger partial charge is 0.326 e. The van der Waals surface area contributed by atoms with Crippen LogP contribution in [-0.4, -0.2) is 54.0 Å². The molecule has 12 nitrogen and oxygen atoms in total. The molecule has 1 saturated carbocycles. The molecular weight excluding hydrogens is 628 g/mol. The summed E-state index contributed by atoms with van der Waals surface area (Å²) in [5.41, 5.74) is 6.67. The van der Waals surface area contributed by atoms with E-state index in [1.807, 2.05) is 92.0 Å². The van der Waals surface area contributed by atoms with Gasteiger partial charge in [0.2, 0.25) is 5.95 Å². The summed E-state index contributed by atoms with van der Waals surface area (Å²) in [4.78, 5) is 39.8. The number of anilines is 2. The predicted molar refractivity (Wildman–Crippen MR) is 197 cm³/mol. The summed E-state index contributed by atoms with van der Waals surface area (Å²) in [6.45, 7) is 6.11. The second kappa shape index (κ2) is 14.9. The third-order valence-electron chi connectivity index (χ3n) is 9.03. The third-order valence-corrected chi connectivity index (χ3v) is 9.03. The van der Waals surface area contributed by atoms with Crippen LogP contribution in [0.5, 0.6) is 0 Å². The van der Waals surface area contributed by atoms with Gasteiger partial charge in [0.25, 0.3) is 0 Å². The quantitative estimate of drug-likeness (QED) is 0.150. The average Bonchev–Trinajstić information content (AvgIpc) is 3.69. The van der Waals surface area contributed by atoms with Gasteiger partial charge in [0, 0.05) is 55.7 Å². The monoisotopic (exact) mass is 668 g/mol. The highest BCUT2D eigenvalue weighted by Crippen LogP contribution is 2.31. The Kier molecular flexibility index (Phi) is 10.0. The van der Waals surface area contributed by atoms with Crippen molar-refractivity contribution >= 4 is 28.7 Å². The number of benzene rings is 2. The molecular formula is C38H40N10O2. The highest BCUT2D eigenvalue weighted by molar-refractivity contribution is 5.93. The summed E-state index contributed by atoms with van der Waals surface area (Å²) in [5.74, 6) is 0.428. The Morgan fingerprint density at radius 3 is 2.54 bits per heavy atom. The van der Waals surface area contributed by atoms with Gasteiger partial charge in [0.1, 0.15) is 6.07 Å². The molecule has 1 aliphatic carbocycles. The molecule has 254 valence electrons. The number of hydrogen-bond donors (Lipinski definition) is 3. The highest BCUT2D eigenvalue weighted by Gasteiger charge is 2.30. The van der Waals surface area contributed by atoms with E-state index in [2.05, 4.69) is 38.3 Å². The first-order chi connectivity index (χ1) is 24.2. The fraction of sp³-hybridized carbons (Fsp3) is 0.263. The Labute approximate surface area is 290 Å². The number of carbonyl (C=O) groups excluding carboxylic acids is 1. The van der Waals surface area contributed by atoms with Crippen molar-refractivity contribution < 1.29 is 4.79 Å². The molecule has 0 aliphatic heterocycles.